The molecule has 2 aliphatic rings. The molecule has 4 aromatic carbocycles. The van der Waals surface area contributed by atoms with Crippen LogP contribution in [0.1, 0.15) is 60.0 Å². The number of pyridine rings is 2. The number of rotatable bonds is 14. The Labute approximate surface area is 383 Å². The summed E-state index contributed by atoms with van der Waals surface area (Å²) in [5.74, 6) is -1.70. The molecule has 6 aromatic rings. The fourth-order valence-electron chi connectivity index (χ4n) is 8.24. The molecule has 18 heteroatoms. The van der Waals surface area contributed by atoms with Gasteiger partial charge in [-0.2, -0.15) is 0 Å². The van der Waals surface area contributed by atoms with E-state index in [9.17, 15) is 31.5 Å². The van der Waals surface area contributed by atoms with Gasteiger partial charge in [0.2, 0.25) is 0 Å². The molecule has 2 heterocycles. The second-order valence-corrected chi connectivity index (χ2v) is 17.4. The Hall–Kier alpha value is -5.75. The van der Waals surface area contributed by atoms with Gasteiger partial charge in [0.05, 0.1) is 52.3 Å². The largest absolute Gasteiger partial charge is 0.482 e. The van der Waals surface area contributed by atoms with E-state index in [1.807, 2.05) is 30.3 Å². The van der Waals surface area contributed by atoms with Crippen molar-refractivity contribution in [3.8, 4) is 34.0 Å². The van der Waals surface area contributed by atoms with Gasteiger partial charge < -0.3 is 14.2 Å². The normalized spacial score (nSPS) is 16.4. The lowest BCUT2D eigenvalue weighted by Crippen LogP contribution is -2.33. The van der Waals surface area contributed by atoms with Gasteiger partial charge in [0, 0.05) is 16.1 Å². The zero-order valence-corrected chi connectivity index (χ0v) is 36.9. The molecule has 2 aliphatic carbocycles. The molecule has 0 amide bonds. The molecule has 0 aliphatic heterocycles. The summed E-state index contributed by atoms with van der Waals surface area (Å²) in [6, 6.07) is 27.7. The van der Waals surface area contributed by atoms with Crippen molar-refractivity contribution >= 4 is 69.0 Å². The number of fused-ring (bicyclic) bond motifs is 2. The summed E-state index contributed by atoms with van der Waals surface area (Å²) in [5, 5.41) is 0.482. The minimum absolute atomic E-state index is 0.0505. The molecule has 0 fully saturated rings. The van der Waals surface area contributed by atoms with Crippen LogP contribution in [-0.2, 0) is 49.7 Å². The first-order valence-electron chi connectivity index (χ1n) is 20.1. The number of esters is 2. The molecule has 2 N–H and O–H groups in total. The first kappa shape index (κ1) is 44.8. The van der Waals surface area contributed by atoms with Crippen molar-refractivity contribution in [3.63, 3.8) is 0 Å². The average molecular weight is 946 g/mol. The molecule has 0 spiro atoms. The number of ether oxygens (including phenoxy) is 3. The highest BCUT2D eigenvalue weighted by molar-refractivity contribution is 7.81. The van der Waals surface area contributed by atoms with Gasteiger partial charge in [0.15, 0.2) is 13.2 Å². The predicted octanol–water partition coefficient (Wildman–Crippen LogP) is 9.83. The van der Waals surface area contributed by atoms with Crippen LogP contribution in [0.3, 0.4) is 0 Å². The summed E-state index contributed by atoms with van der Waals surface area (Å²) in [6.45, 7) is -1.17. The second kappa shape index (κ2) is 20.0. The van der Waals surface area contributed by atoms with E-state index in [0.29, 0.717) is 83.4 Å². The number of anilines is 2. The third-order valence-corrected chi connectivity index (χ3v) is 13.3. The molecule has 0 bridgehead atoms. The molecular formula is C46H39Cl2FN4O9S2. The van der Waals surface area contributed by atoms with E-state index in [2.05, 4.69) is 9.97 Å². The standard InChI is InChI=1S/C46H39Cl2FN4O9S2/c47-36-12-2-1-7-35(36)40-22-19-30(25-51-40)53(64(58)59)42-14-4-11-34-32(42)9-6-16-44(34)61-27-46(55)62-45(54)26-60-43-15-5-8-31-33(43)10-3-13-41(31)52(63(56)57)29-18-21-39(50-24-29)28-17-20-38(49)37(48)23-28/h1-2,5-9,12,15-25,41-42H,3-4,10-11,13-14,26-27H2,(H,56,57)(H,58,59). The Morgan fingerprint density at radius 3 is 1.69 bits per heavy atom. The van der Waals surface area contributed by atoms with Crippen molar-refractivity contribution in [1.82, 2.24) is 9.97 Å². The Morgan fingerprint density at radius 1 is 0.672 bits per heavy atom. The van der Waals surface area contributed by atoms with Crippen molar-refractivity contribution in [2.24, 2.45) is 0 Å². The average Bonchev–Trinajstić information content (AvgIpc) is 3.29. The van der Waals surface area contributed by atoms with Crippen LogP contribution in [0.15, 0.2) is 116 Å². The lowest BCUT2D eigenvalue weighted by Gasteiger charge is -2.35. The first-order chi connectivity index (χ1) is 31.0. The number of nitrogens with zero attached hydrogens (tertiary/aromatic N) is 4. The van der Waals surface area contributed by atoms with Gasteiger partial charge in [-0.1, -0.05) is 65.7 Å². The Kier molecular flexibility index (Phi) is 14.0. The fourth-order valence-corrected chi connectivity index (χ4v) is 10.1. The quantitative estimate of drug-likeness (QED) is 0.0606. The van der Waals surface area contributed by atoms with E-state index in [1.54, 1.807) is 60.7 Å². The van der Waals surface area contributed by atoms with E-state index in [4.69, 9.17) is 37.4 Å². The summed E-state index contributed by atoms with van der Waals surface area (Å²) >= 11 is 7.45. The fraction of sp³-hybridized carbons (Fsp3) is 0.217. The summed E-state index contributed by atoms with van der Waals surface area (Å²) in [6.07, 6.45) is 6.56. The summed E-state index contributed by atoms with van der Waals surface area (Å²) in [4.78, 5) is 34.7. The number of hydrogen-bond acceptors (Lipinski definition) is 9. The number of carbonyl (C=O) groups excluding carboxylic acids is 2. The van der Waals surface area contributed by atoms with Crippen molar-refractivity contribution in [1.29, 1.82) is 0 Å². The van der Waals surface area contributed by atoms with Crippen molar-refractivity contribution < 1.29 is 45.7 Å². The topological polar surface area (TPSA) is 169 Å². The number of benzene rings is 4. The van der Waals surface area contributed by atoms with Gasteiger partial charge >= 0.3 is 11.9 Å². The van der Waals surface area contributed by atoms with Gasteiger partial charge in [0.25, 0.3) is 22.5 Å². The summed E-state index contributed by atoms with van der Waals surface area (Å²) in [7, 11) is 0. The van der Waals surface area contributed by atoms with E-state index in [-0.39, 0.29) is 5.02 Å². The Morgan fingerprint density at radius 2 is 1.20 bits per heavy atom. The van der Waals surface area contributed by atoms with Crippen LogP contribution in [0.5, 0.6) is 11.5 Å². The van der Waals surface area contributed by atoms with Crippen molar-refractivity contribution in [3.05, 3.63) is 154 Å². The van der Waals surface area contributed by atoms with Crippen LogP contribution in [0.4, 0.5) is 15.8 Å². The minimum Gasteiger partial charge on any atom is -0.482 e. The number of halogens is 3. The number of aromatic nitrogens is 2. The van der Waals surface area contributed by atoms with Crippen molar-refractivity contribution in [2.75, 3.05) is 21.8 Å². The van der Waals surface area contributed by atoms with E-state index in [1.165, 1.54) is 33.1 Å². The highest BCUT2D eigenvalue weighted by Gasteiger charge is 2.33. The smallest absolute Gasteiger partial charge is 0.351 e. The minimum atomic E-state index is -2.45. The molecule has 0 saturated heterocycles. The maximum atomic E-state index is 13.7. The monoisotopic (exact) mass is 944 g/mol. The van der Waals surface area contributed by atoms with Crippen LogP contribution < -0.4 is 18.1 Å². The molecule has 4 atom stereocenters. The second-order valence-electron chi connectivity index (χ2n) is 14.9. The Bertz CT molecular complexity index is 2750. The molecule has 330 valence electrons. The van der Waals surface area contributed by atoms with Crippen molar-refractivity contribution in [2.45, 2.75) is 50.6 Å². The molecule has 2 aromatic heterocycles. The molecule has 4 unspecified atom stereocenters. The third-order valence-electron chi connectivity index (χ3n) is 11.1. The SMILES string of the molecule is O=C(COc1cccc2c1CCCC2N(c1ccc(-c2ccc(F)c(Cl)c2)nc1)S(=O)O)OC(=O)COc1cccc2c1CCCC2N(c1ccc(-c2ccccc2Cl)nc1)S(=O)O. The predicted molar refractivity (Wildman–Crippen MR) is 242 cm³/mol. The summed E-state index contributed by atoms with van der Waals surface area (Å²) in [5.41, 5.74) is 6.21. The van der Waals surface area contributed by atoms with Crippen LogP contribution in [0.2, 0.25) is 10.0 Å². The van der Waals surface area contributed by atoms with Gasteiger partial charge in [-0.25, -0.2) is 22.4 Å². The molecule has 8 rings (SSSR count). The van der Waals surface area contributed by atoms with Gasteiger partial charge in [-0.3, -0.25) is 27.7 Å². The third kappa shape index (κ3) is 9.82. The zero-order chi connectivity index (χ0) is 44.9. The maximum absolute atomic E-state index is 13.7. The molecule has 0 radical (unpaired) electrons. The van der Waals surface area contributed by atoms with Gasteiger partial charge in [-0.05, 0) is 121 Å². The number of hydrogen-bond donors (Lipinski definition) is 2. The molecule has 0 saturated carbocycles. The highest BCUT2D eigenvalue weighted by atomic mass is 35.5. The van der Waals surface area contributed by atoms with E-state index >= 15 is 0 Å². The lowest BCUT2D eigenvalue weighted by molar-refractivity contribution is -0.162. The van der Waals surface area contributed by atoms with Crippen LogP contribution in [-0.4, -0.2) is 52.6 Å². The van der Waals surface area contributed by atoms with E-state index < -0.39 is 65.6 Å². The molecule has 64 heavy (non-hydrogen) atoms. The lowest BCUT2D eigenvalue weighted by atomic mass is 9.87. The van der Waals surface area contributed by atoms with Gasteiger partial charge in [-0.15, -0.1) is 0 Å². The Balaban J connectivity index is 0.895. The highest BCUT2D eigenvalue weighted by Crippen LogP contribution is 2.43. The van der Waals surface area contributed by atoms with E-state index in [0.717, 1.165) is 27.8 Å². The molecule has 13 nitrogen and oxygen atoms in total. The zero-order valence-electron chi connectivity index (χ0n) is 33.8. The van der Waals surface area contributed by atoms with Crippen LogP contribution >= 0.6 is 23.2 Å². The van der Waals surface area contributed by atoms with Crippen LogP contribution in [0.25, 0.3) is 22.5 Å². The molecular weight excluding hydrogens is 907 g/mol. The first-order valence-corrected chi connectivity index (χ1v) is 23.0. The maximum Gasteiger partial charge on any atom is 0.351 e. The van der Waals surface area contributed by atoms with Gasteiger partial charge in [0.1, 0.15) is 17.3 Å². The summed E-state index contributed by atoms with van der Waals surface area (Å²) < 4.78 is 79.9. The number of carbonyl (C=O) groups is 2. The van der Waals surface area contributed by atoms with Crippen LogP contribution in [0, 0.1) is 5.82 Å².